The van der Waals surface area contributed by atoms with Gasteiger partial charge in [0.2, 0.25) is 0 Å². The van der Waals surface area contributed by atoms with Crippen LogP contribution in [0.5, 0.6) is 0 Å². The van der Waals surface area contributed by atoms with Gasteiger partial charge in [-0.1, -0.05) is 35.3 Å². The van der Waals surface area contributed by atoms with Crippen molar-refractivity contribution < 1.29 is 0 Å². The lowest BCUT2D eigenvalue weighted by Gasteiger charge is -2.22. The highest BCUT2D eigenvalue weighted by Gasteiger charge is 2.06. The maximum Gasteiger partial charge on any atom is 0.0420 e. The van der Waals surface area contributed by atoms with Gasteiger partial charge < -0.3 is 10.6 Å². The highest BCUT2D eigenvalue weighted by atomic mass is 79.9. The molecule has 3 heteroatoms. The fourth-order valence-corrected chi connectivity index (χ4v) is 1.93. The molecule has 0 atom stereocenters. The van der Waals surface area contributed by atoms with E-state index in [1.165, 1.54) is 24.1 Å². The molecule has 1 aromatic rings. The number of rotatable bonds is 5. The summed E-state index contributed by atoms with van der Waals surface area (Å²) in [4.78, 5) is 2.27. The number of anilines is 1. The van der Waals surface area contributed by atoms with Gasteiger partial charge in [0.1, 0.15) is 0 Å². The Bertz CT molecular complexity index is 312. The number of nitrogens with zero attached hydrogens (tertiary/aromatic N) is 1. The summed E-state index contributed by atoms with van der Waals surface area (Å²) in [5.41, 5.74) is 8.17. The van der Waals surface area contributed by atoms with E-state index in [4.69, 9.17) is 5.73 Å². The van der Waals surface area contributed by atoms with E-state index < -0.39 is 0 Å². The molecule has 1 aromatic carbocycles. The van der Waals surface area contributed by atoms with Crippen LogP contribution in [-0.4, -0.2) is 13.6 Å². The summed E-state index contributed by atoms with van der Waals surface area (Å²) in [6.45, 7) is 3.89. The number of hydrogen-bond acceptors (Lipinski definition) is 2. The van der Waals surface area contributed by atoms with E-state index in [1.807, 2.05) is 6.07 Å². The molecule has 0 bridgehead atoms. The Balaban J connectivity index is 2.85. The average molecular weight is 271 g/mol. The molecule has 0 unspecified atom stereocenters. The second kappa shape index (κ2) is 6.13. The van der Waals surface area contributed by atoms with Gasteiger partial charge in [-0.15, -0.1) is 0 Å². The molecule has 0 aliphatic rings. The average Bonchev–Trinajstić information content (AvgIpc) is 2.25. The summed E-state index contributed by atoms with van der Waals surface area (Å²) in [6, 6.07) is 6.26. The maximum atomic E-state index is 5.73. The minimum atomic E-state index is 0.596. The number of halogens is 1. The monoisotopic (exact) mass is 270 g/mol. The second-order valence-corrected chi connectivity index (χ2v) is 4.67. The van der Waals surface area contributed by atoms with Gasteiger partial charge in [-0.25, -0.2) is 0 Å². The molecule has 2 N–H and O–H groups in total. The van der Waals surface area contributed by atoms with Crippen molar-refractivity contribution in [2.24, 2.45) is 5.73 Å². The first-order valence-corrected chi connectivity index (χ1v) is 6.18. The normalized spacial score (nSPS) is 10.4. The van der Waals surface area contributed by atoms with Crippen LogP contribution in [0.15, 0.2) is 22.7 Å². The SMILES string of the molecule is CCCCN(C)c1cc(Br)ccc1CN. The number of hydrogen-bond donors (Lipinski definition) is 1. The van der Waals surface area contributed by atoms with E-state index in [9.17, 15) is 0 Å². The van der Waals surface area contributed by atoms with Crippen LogP contribution in [0, 0.1) is 0 Å². The van der Waals surface area contributed by atoms with Crippen LogP contribution in [0.1, 0.15) is 25.3 Å². The zero-order chi connectivity index (χ0) is 11.3. The third-order valence-electron chi connectivity index (χ3n) is 2.53. The van der Waals surface area contributed by atoms with Crippen molar-refractivity contribution in [2.75, 3.05) is 18.5 Å². The van der Waals surface area contributed by atoms with Crippen molar-refractivity contribution in [3.05, 3.63) is 28.2 Å². The first kappa shape index (κ1) is 12.5. The molecule has 2 nitrogen and oxygen atoms in total. The van der Waals surface area contributed by atoms with E-state index in [1.54, 1.807) is 0 Å². The molecule has 1 rings (SSSR count). The molecule has 15 heavy (non-hydrogen) atoms. The van der Waals surface area contributed by atoms with E-state index in [-0.39, 0.29) is 0 Å². The van der Waals surface area contributed by atoms with Crippen molar-refractivity contribution in [1.29, 1.82) is 0 Å². The smallest absolute Gasteiger partial charge is 0.0420 e. The number of nitrogens with two attached hydrogens (primary N) is 1. The van der Waals surface area contributed by atoms with Crippen molar-refractivity contribution >= 4 is 21.6 Å². The van der Waals surface area contributed by atoms with Gasteiger partial charge in [0.25, 0.3) is 0 Å². The molecule has 0 aliphatic heterocycles. The van der Waals surface area contributed by atoms with Gasteiger partial charge in [-0.3, -0.25) is 0 Å². The van der Waals surface area contributed by atoms with Crippen molar-refractivity contribution in [2.45, 2.75) is 26.3 Å². The van der Waals surface area contributed by atoms with Crippen LogP contribution in [0.3, 0.4) is 0 Å². The highest BCUT2D eigenvalue weighted by Crippen LogP contribution is 2.24. The van der Waals surface area contributed by atoms with Crippen molar-refractivity contribution in [1.82, 2.24) is 0 Å². The van der Waals surface area contributed by atoms with Crippen LogP contribution < -0.4 is 10.6 Å². The van der Waals surface area contributed by atoms with Gasteiger partial charge >= 0.3 is 0 Å². The minimum absolute atomic E-state index is 0.596. The van der Waals surface area contributed by atoms with Gasteiger partial charge in [0.05, 0.1) is 0 Å². The van der Waals surface area contributed by atoms with Crippen LogP contribution >= 0.6 is 15.9 Å². The Kier molecular flexibility index (Phi) is 5.12. The molecule has 84 valence electrons. The van der Waals surface area contributed by atoms with Crippen molar-refractivity contribution in [3.8, 4) is 0 Å². The van der Waals surface area contributed by atoms with Crippen LogP contribution in [0.25, 0.3) is 0 Å². The van der Waals surface area contributed by atoms with E-state index in [2.05, 4.69) is 46.9 Å². The van der Waals surface area contributed by atoms with Gasteiger partial charge in [0, 0.05) is 30.3 Å². The Morgan fingerprint density at radius 3 is 2.73 bits per heavy atom. The Morgan fingerprint density at radius 1 is 1.40 bits per heavy atom. The Morgan fingerprint density at radius 2 is 2.13 bits per heavy atom. The van der Waals surface area contributed by atoms with Gasteiger partial charge in [-0.2, -0.15) is 0 Å². The molecule has 0 saturated carbocycles. The van der Waals surface area contributed by atoms with Gasteiger partial charge in [0.15, 0.2) is 0 Å². The van der Waals surface area contributed by atoms with E-state index in [0.717, 1.165) is 11.0 Å². The molecule has 0 saturated heterocycles. The molecule has 0 aliphatic carbocycles. The van der Waals surface area contributed by atoms with E-state index >= 15 is 0 Å². The molecule has 0 fully saturated rings. The predicted octanol–water partition coefficient (Wildman–Crippen LogP) is 3.14. The summed E-state index contributed by atoms with van der Waals surface area (Å²) in [6.07, 6.45) is 2.43. The van der Waals surface area contributed by atoms with Gasteiger partial charge in [-0.05, 0) is 24.1 Å². The second-order valence-electron chi connectivity index (χ2n) is 3.75. The molecule has 0 spiro atoms. The summed E-state index contributed by atoms with van der Waals surface area (Å²) in [7, 11) is 2.12. The summed E-state index contributed by atoms with van der Waals surface area (Å²) in [5.74, 6) is 0. The zero-order valence-corrected chi connectivity index (χ0v) is 11.0. The third-order valence-corrected chi connectivity index (χ3v) is 3.02. The van der Waals surface area contributed by atoms with Crippen LogP contribution in [-0.2, 0) is 6.54 Å². The van der Waals surface area contributed by atoms with E-state index in [0.29, 0.717) is 6.54 Å². The largest absolute Gasteiger partial charge is 0.374 e. The van der Waals surface area contributed by atoms with Crippen LogP contribution in [0.2, 0.25) is 0 Å². The highest BCUT2D eigenvalue weighted by molar-refractivity contribution is 9.10. The zero-order valence-electron chi connectivity index (χ0n) is 9.46. The lowest BCUT2D eigenvalue weighted by Crippen LogP contribution is -2.20. The lowest BCUT2D eigenvalue weighted by molar-refractivity contribution is 0.763. The summed E-state index contributed by atoms with van der Waals surface area (Å²) in [5, 5.41) is 0. The third kappa shape index (κ3) is 3.50. The first-order valence-electron chi connectivity index (χ1n) is 5.38. The fraction of sp³-hybridized carbons (Fsp3) is 0.500. The Hall–Kier alpha value is -0.540. The molecule has 0 aromatic heterocycles. The number of unbranched alkanes of at least 4 members (excludes halogenated alkanes) is 1. The van der Waals surface area contributed by atoms with Crippen LogP contribution in [0.4, 0.5) is 5.69 Å². The summed E-state index contributed by atoms with van der Waals surface area (Å²) < 4.78 is 1.11. The predicted molar refractivity (Wildman–Crippen MR) is 70.2 cm³/mol. The molecule has 0 radical (unpaired) electrons. The van der Waals surface area contributed by atoms with Crippen molar-refractivity contribution in [3.63, 3.8) is 0 Å². The summed E-state index contributed by atoms with van der Waals surface area (Å²) >= 11 is 3.49. The topological polar surface area (TPSA) is 29.3 Å². The fourth-order valence-electron chi connectivity index (χ4n) is 1.58. The molecular weight excluding hydrogens is 252 g/mol. The minimum Gasteiger partial charge on any atom is -0.374 e. The number of benzene rings is 1. The maximum absolute atomic E-state index is 5.73. The first-order chi connectivity index (χ1) is 7.19. The standard InChI is InChI=1S/C12H19BrN2/c1-3-4-7-15(2)12-8-11(13)6-5-10(12)9-14/h5-6,8H,3-4,7,9,14H2,1-2H3. The molecular formula is C12H19BrN2. The lowest BCUT2D eigenvalue weighted by atomic mass is 10.1. The molecule has 0 heterocycles. The quantitative estimate of drug-likeness (QED) is 0.891. The Labute approximate surface area is 101 Å². The molecule has 0 amide bonds.